The van der Waals surface area contributed by atoms with Gasteiger partial charge in [-0.25, -0.2) is 0 Å². The molecule has 1 fully saturated rings. The van der Waals surface area contributed by atoms with Crippen LogP contribution in [0.5, 0.6) is 0 Å². The van der Waals surface area contributed by atoms with Crippen LogP contribution in [0.1, 0.15) is 38.2 Å². The Hall–Kier alpha value is -0.480. The Kier molecular flexibility index (Phi) is 4.14. The summed E-state index contributed by atoms with van der Waals surface area (Å²) in [5.74, 6) is 2.03. The van der Waals surface area contributed by atoms with Gasteiger partial charge < -0.3 is 5.32 Å². The molecule has 1 spiro atoms. The van der Waals surface area contributed by atoms with Crippen LogP contribution >= 0.6 is 27.7 Å². The van der Waals surface area contributed by atoms with Gasteiger partial charge in [-0.2, -0.15) is 0 Å². The van der Waals surface area contributed by atoms with Crippen LogP contribution in [-0.4, -0.2) is 16.5 Å². The van der Waals surface area contributed by atoms with Crippen molar-refractivity contribution in [3.8, 4) is 0 Å². The molecule has 1 saturated carbocycles. The Labute approximate surface area is 134 Å². The van der Waals surface area contributed by atoms with E-state index in [1.807, 2.05) is 11.8 Å². The highest BCUT2D eigenvalue weighted by Crippen LogP contribution is 2.41. The molecule has 108 valence electrons. The van der Waals surface area contributed by atoms with Crippen molar-refractivity contribution in [1.29, 1.82) is 0 Å². The number of amidine groups is 1. The van der Waals surface area contributed by atoms with Crippen LogP contribution in [0.2, 0.25) is 0 Å². The maximum absolute atomic E-state index is 5.03. The van der Waals surface area contributed by atoms with E-state index in [2.05, 4.69) is 53.3 Å². The van der Waals surface area contributed by atoms with Gasteiger partial charge in [0, 0.05) is 15.9 Å². The highest BCUT2D eigenvalue weighted by Gasteiger charge is 2.38. The molecule has 1 aliphatic carbocycles. The van der Waals surface area contributed by atoms with Crippen LogP contribution in [0.3, 0.4) is 0 Å². The normalized spacial score (nSPS) is 29.6. The van der Waals surface area contributed by atoms with Gasteiger partial charge in [0.1, 0.15) is 0 Å². The number of aliphatic imine (C=N–C) groups is 1. The summed E-state index contributed by atoms with van der Waals surface area (Å²) in [6, 6.07) is 6.27. The predicted octanol–water partition coefficient (Wildman–Crippen LogP) is 5.22. The van der Waals surface area contributed by atoms with Gasteiger partial charge in [-0.05, 0) is 56.2 Å². The molecule has 0 saturated heterocycles. The largest absolute Gasteiger partial charge is 0.335 e. The summed E-state index contributed by atoms with van der Waals surface area (Å²) in [6.45, 7) is 4.49. The van der Waals surface area contributed by atoms with E-state index in [4.69, 9.17) is 4.99 Å². The molecule has 0 radical (unpaired) electrons. The third-order valence-electron chi connectivity index (χ3n) is 4.53. The Morgan fingerprint density at radius 1 is 1.35 bits per heavy atom. The molecule has 2 aliphatic rings. The minimum atomic E-state index is 0.222. The Morgan fingerprint density at radius 2 is 2.10 bits per heavy atom. The van der Waals surface area contributed by atoms with Gasteiger partial charge in [0.15, 0.2) is 5.17 Å². The Bertz CT molecular complexity index is 533. The van der Waals surface area contributed by atoms with Crippen LogP contribution in [-0.2, 0) is 0 Å². The molecule has 2 nitrogen and oxygen atoms in total. The molecule has 3 rings (SSSR count). The van der Waals surface area contributed by atoms with Crippen molar-refractivity contribution in [3.05, 3.63) is 28.2 Å². The maximum Gasteiger partial charge on any atom is 0.161 e. The number of thioether (sulfide) groups is 1. The van der Waals surface area contributed by atoms with E-state index < -0.39 is 0 Å². The van der Waals surface area contributed by atoms with E-state index >= 15 is 0 Å². The fourth-order valence-electron chi connectivity index (χ4n) is 2.96. The van der Waals surface area contributed by atoms with Crippen molar-refractivity contribution in [2.24, 2.45) is 10.9 Å². The summed E-state index contributed by atoms with van der Waals surface area (Å²) < 4.78 is 1.15. The zero-order chi connectivity index (χ0) is 14.2. The number of nitrogens with zero attached hydrogens (tertiary/aromatic N) is 1. The number of nitrogens with one attached hydrogen (secondary N) is 1. The zero-order valence-corrected chi connectivity index (χ0v) is 14.5. The Balaban J connectivity index is 1.74. The van der Waals surface area contributed by atoms with E-state index in [1.165, 1.54) is 31.2 Å². The molecule has 4 heteroatoms. The van der Waals surface area contributed by atoms with Crippen molar-refractivity contribution >= 4 is 38.5 Å². The smallest absolute Gasteiger partial charge is 0.161 e. The molecule has 1 aliphatic heterocycles. The Morgan fingerprint density at radius 3 is 2.85 bits per heavy atom. The van der Waals surface area contributed by atoms with Crippen molar-refractivity contribution in [1.82, 2.24) is 0 Å². The van der Waals surface area contributed by atoms with Crippen LogP contribution in [0.4, 0.5) is 5.69 Å². The summed E-state index contributed by atoms with van der Waals surface area (Å²) in [4.78, 5) is 5.03. The molecule has 1 aromatic carbocycles. The lowest BCUT2D eigenvalue weighted by Gasteiger charge is -2.32. The highest BCUT2D eigenvalue weighted by molar-refractivity contribution is 9.10. The number of benzene rings is 1. The molecule has 0 amide bonds. The molecule has 1 aromatic rings. The third kappa shape index (κ3) is 2.91. The second-order valence-corrected chi connectivity index (χ2v) is 7.97. The summed E-state index contributed by atoms with van der Waals surface area (Å²) in [6.07, 6.45) is 5.16. The molecule has 1 N–H and O–H groups in total. The maximum atomic E-state index is 5.03. The van der Waals surface area contributed by atoms with E-state index in [1.54, 1.807) is 0 Å². The zero-order valence-electron chi connectivity index (χ0n) is 12.1. The first-order valence-corrected chi connectivity index (χ1v) is 9.11. The van der Waals surface area contributed by atoms with Crippen LogP contribution < -0.4 is 5.32 Å². The second-order valence-electron chi connectivity index (χ2n) is 6.15. The van der Waals surface area contributed by atoms with Crippen LogP contribution in [0.25, 0.3) is 0 Å². The van der Waals surface area contributed by atoms with E-state index in [0.717, 1.165) is 27.0 Å². The predicted molar refractivity (Wildman–Crippen MR) is 92.8 cm³/mol. The lowest BCUT2D eigenvalue weighted by atomic mass is 9.79. The van der Waals surface area contributed by atoms with Crippen molar-refractivity contribution in [2.75, 3.05) is 11.1 Å². The van der Waals surface area contributed by atoms with Crippen molar-refractivity contribution in [2.45, 2.75) is 45.1 Å². The standard InChI is InChI=1S/C16H21BrN2S/c1-11-6-8-16(9-7-11)10-20-15(19-16)18-14-5-3-4-13(17)12(14)2/h3-5,11H,6-10H2,1-2H3,(H,18,19). The number of hydrogen-bond donors (Lipinski definition) is 1. The van der Waals surface area contributed by atoms with Gasteiger partial charge in [0.25, 0.3) is 0 Å². The van der Waals surface area contributed by atoms with Gasteiger partial charge in [-0.15, -0.1) is 0 Å². The molecule has 20 heavy (non-hydrogen) atoms. The first-order chi connectivity index (χ1) is 9.58. The van der Waals surface area contributed by atoms with Gasteiger partial charge in [0.05, 0.1) is 5.54 Å². The SMILES string of the molecule is Cc1c(Br)cccc1NC1=NC2(CCC(C)CC2)CS1. The molecule has 1 heterocycles. The average Bonchev–Trinajstić information content (AvgIpc) is 2.82. The lowest BCUT2D eigenvalue weighted by molar-refractivity contribution is 0.273. The average molecular weight is 353 g/mol. The number of hydrogen-bond acceptors (Lipinski definition) is 3. The summed E-state index contributed by atoms with van der Waals surface area (Å²) >= 11 is 5.47. The summed E-state index contributed by atoms with van der Waals surface area (Å²) in [5, 5.41) is 4.61. The van der Waals surface area contributed by atoms with Crippen molar-refractivity contribution < 1.29 is 0 Å². The number of halogens is 1. The minimum Gasteiger partial charge on any atom is -0.335 e. The molecule has 0 bridgehead atoms. The van der Waals surface area contributed by atoms with Crippen molar-refractivity contribution in [3.63, 3.8) is 0 Å². The fourth-order valence-corrected chi connectivity index (χ4v) is 4.53. The number of anilines is 1. The van der Waals surface area contributed by atoms with E-state index in [-0.39, 0.29) is 5.54 Å². The molecular formula is C16H21BrN2S. The molecule has 0 atom stereocenters. The second kappa shape index (κ2) is 5.72. The topological polar surface area (TPSA) is 24.4 Å². The quantitative estimate of drug-likeness (QED) is 0.748. The van der Waals surface area contributed by atoms with Gasteiger partial charge in [-0.1, -0.05) is 40.7 Å². The summed E-state index contributed by atoms with van der Waals surface area (Å²) in [5.41, 5.74) is 2.63. The monoisotopic (exact) mass is 352 g/mol. The van der Waals surface area contributed by atoms with Gasteiger partial charge in [-0.3, -0.25) is 4.99 Å². The lowest BCUT2D eigenvalue weighted by Crippen LogP contribution is -2.32. The molecule has 0 aromatic heterocycles. The minimum absolute atomic E-state index is 0.222. The number of rotatable bonds is 1. The third-order valence-corrected chi connectivity index (χ3v) is 6.54. The van der Waals surface area contributed by atoms with Crippen LogP contribution in [0.15, 0.2) is 27.7 Å². The van der Waals surface area contributed by atoms with Gasteiger partial charge in [0.2, 0.25) is 0 Å². The first kappa shape index (κ1) is 14.5. The van der Waals surface area contributed by atoms with E-state index in [9.17, 15) is 0 Å². The molecule has 0 unspecified atom stereocenters. The first-order valence-electron chi connectivity index (χ1n) is 7.33. The van der Waals surface area contributed by atoms with Gasteiger partial charge >= 0.3 is 0 Å². The fraction of sp³-hybridized carbons (Fsp3) is 0.562. The highest BCUT2D eigenvalue weighted by atomic mass is 79.9. The molecular weight excluding hydrogens is 332 g/mol. The van der Waals surface area contributed by atoms with E-state index in [0.29, 0.717) is 0 Å². The summed E-state index contributed by atoms with van der Waals surface area (Å²) in [7, 11) is 0. The van der Waals surface area contributed by atoms with Crippen LogP contribution in [0, 0.1) is 12.8 Å².